The third-order valence-electron chi connectivity index (χ3n) is 2.80. The highest BCUT2D eigenvalue weighted by Crippen LogP contribution is 2.27. The van der Waals surface area contributed by atoms with E-state index in [4.69, 9.17) is 0 Å². The van der Waals surface area contributed by atoms with Gasteiger partial charge in [-0.05, 0) is 18.3 Å². The van der Waals surface area contributed by atoms with Gasteiger partial charge in [-0.1, -0.05) is 18.2 Å². The summed E-state index contributed by atoms with van der Waals surface area (Å²) in [5.41, 5.74) is 0.628. The molecule has 0 radical (unpaired) electrons. The maximum Gasteiger partial charge on any atom is 0.387 e. The van der Waals surface area contributed by atoms with Crippen molar-refractivity contribution in [1.29, 1.82) is 0 Å². The highest BCUT2D eigenvalue weighted by molar-refractivity contribution is 5.36. The first kappa shape index (κ1) is 14.3. The molecular formula is C12H15F2N5O. The van der Waals surface area contributed by atoms with Crippen LogP contribution < -0.4 is 10.1 Å². The molecule has 0 saturated carbocycles. The number of benzene rings is 1. The fourth-order valence-corrected chi connectivity index (χ4v) is 1.93. The van der Waals surface area contributed by atoms with E-state index in [1.165, 1.54) is 10.9 Å². The Labute approximate surface area is 114 Å². The Kier molecular flexibility index (Phi) is 4.57. The zero-order chi connectivity index (χ0) is 14.5. The lowest BCUT2D eigenvalue weighted by Crippen LogP contribution is -2.21. The second-order valence-electron chi connectivity index (χ2n) is 4.16. The first-order valence-electron chi connectivity index (χ1n) is 6.04. The number of aromatic nitrogens is 4. The Balaban J connectivity index is 2.22. The number of likely N-dealkylation sites (N-methyl/N-ethyl adjacent to an activating group) is 1. The van der Waals surface area contributed by atoms with E-state index in [2.05, 4.69) is 25.5 Å². The van der Waals surface area contributed by atoms with Gasteiger partial charge < -0.3 is 10.1 Å². The van der Waals surface area contributed by atoms with Crippen LogP contribution in [0.1, 0.15) is 17.4 Å². The fraction of sp³-hybridized carbons (Fsp3) is 0.417. The van der Waals surface area contributed by atoms with Crippen molar-refractivity contribution in [3.8, 4) is 5.75 Å². The number of nitrogens with zero attached hydrogens (tertiary/aromatic N) is 4. The number of para-hydroxylation sites is 1. The predicted molar refractivity (Wildman–Crippen MR) is 67.4 cm³/mol. The van der Waals surface area contributed by atoms with Crippen LogP contribution in [-0.4, -0.2) is 33.9 Å². The molecule has 1 aromatic heterocycles. The van der Waals surface area contributed by atoms with E-state index in [1.807, 2.05) is 0 Å². The molecule has 0 spiro atoms. The Bertz CT molecular complexity index is 560. The van der Waals surface area contributed by atoms with Crippen LogP contribution in [0.3, 0.4) is 0 Å². The molecule has 2 rings (SSSR count). The molecule has 1 atom stereocenters. The van der Waals surface area contributed by atoms with Crippen molar-refractivity contribution >= 4 is 0 Å². The zero-order valence-corrected chi connectivity index (χ0v) is 11.1. The Morgan fingerprint density at radius 3 is 2.70 bits per heavy atom. The summed E-state index contributed by atoms with van der Waals surface area (Å²) in [6.07, 6.45) is 0.425. The summed E-state index contributed by atoms with van der Waals surface area (Å²) in [5, 5.41) is 14.8. The third kappa shape index (κ3) is 3.47. The van der Waals surface area contributed by atoms with Crippen molar-refractivity contribution in [2.75, 3.05) is 7.05 Å². The van der Waals surface area contributed by atoms with Crippen LogP contribution in [0.4, 0.5) is 8.78 Å². The lowest BCUT2D eigenvalue weighted by Gasteiger charge is -2.18. The minimum Gasteiger partial charge on any atom is -0.434 e. The van der Waals surface area contributed by atoms with Gasteiger partial charge in [0.2, 0.25) is 0 Å². The van der Waals surface area contributed by atoms with E-state index in [-0.39, 0.29) is 11.8 Å². The average molecular weight is 283 g/mol. The third-order valence-corrected chi connectivity index (χ3v) is 2.80. The van der Waals surface area contributed by atoms with Gasteiger partial charge in [0.25, 0.3) is 0 Å². The van der Waals surface area contributed by atoms with Crippen LogP contribution in [0.5, 0.6) is 5.75 Å². The maximum atomic E-state index is 12.4. The van der Waals surface area contributed by atoms with Gasteiger partial charge in [-0.2, -0.15) is 13.6 Å². The van der Waals surface area contributed by atoms with Crippen molar-refractivity contribution in [3.63, 3.8) is 0 Å². The SMILES string of the molecule is CNC(Cc1nnn(C)n1)c1ccccc1OC(F)F. The molecule has 0 amide bonds. The average Bonchev–Trinajstić information content (AvgIpc) is 2.82. The normalized spacial score (nSPS) is 12.7. The van der Waals surface area contributed by atoms with Gasteiger partial charge in [-0.25, -0.2) is 0 Å². The number of aryl methyl sites for hydroxylation is 1. The number of tetrazole rings is 1. The number of alkyl halides is 2. The monoisotopic (exact) mass is 283 g/mol. The molecule has 0 saturated heterocycles. The lowest BCUT2D eigenvalue weighted by molar-refractivity contribution is -0.0507. The topological polar surface area (TPSA) is 64.9 Å². The van der Waals surface area contributed by atoms with E-state index in [9.17, 15) is 8.78 Å². The zero-order valence-electron chi connectivity index (χ0n) is 11.1. The van der Waals surface area contributed by atoms with E-state index in [1.54, 1.807) is 32.3 Å². The molecule has 2 aromatic rings. The van der Waals surface area contributed by atoms with Gasteiger partial charge in [-0.3, -0.25) is 0 Å². The summed E-state index contributed by atoms with van der Waals surface area (Å²) in [6, 6.07) is 6.41. The summed E-state index contributed by atoms with van der Waals surface area (Å²) < 4.78 is 29.4. The van der Waals surface area contributed by atoms with Crippen LogP contribution in [0, 0.1) is 0 Å². The first-order valence-corrected chi connectivity index (χ1v) is 6.04. The number of rotatable bonds is 6. The number of hydrogen-bond acceptors (Lipinski definition) is 5. The molecule has 1 N–H and O–H groups in total. The summed E-state index contributed by atoms with van der Waals surface area (Å²) in [4.78, 5) is 1.35. The van der Waals surface area contributed by atoms with E-state index in [0.29, 0.717) is 17.8 Å². The lowest BCUT2D eigenvalue weighted by atomic mass is 10.0. The van der Waals surface area contributed by atoms with Crippen molar-refractivity contribution < 1.29 is 13.5 Å². The van der Waals surface area contributed by atoms with Gasteiger partial charge in [-0.15, -0.1) is 10.2 Å². The molecule has 8 heteroatoms. The van der Waals surface area contributed by atoms with Crippen LogP contribution in [0.2, 0.25) is 0 Å². The molecule has 20 heavy (non-hydrogen) atoms. The maximum absolute atomic E-state index is 12.4. The highest BCUT2D eigenvalue weighted by Gasteiger charge is 2.19. The minimum absolute atomic E-state index is 0.144. The molecule has 1 aromatic carbocycles. The van der Waals surface area contributed by atoms with Crippen LogP contribution >= 0.6 is 0 Å². The predicted octanol–water partition coefficient (Wildman–Crippen LogP) is 1.31. The van der Waals surface area contributed by atoms with Gasteiger partial charge in [0.05, 0.1) is 7.05 Å². The fourth-order valence-electron chi connectivity index (χ4n) is 1.93. The van der Waals surface area contributed by atoms with E-state index < -0.39 is 6.61 Å². The molecule has 0 bridgehead atoms. The van der Waals surface area contributed by atoms with E-state index >= 15 is 0 Å². The minimum atomic E-state index is -2.86. The van der Waals surface area contributed by atoms with Gasteiger partial charge in [0, 0.05) is 18.0 Å². The first-order chi connectivity index (χ1) is 9.60. The number of nitrogens with one attached hydrogen (secondary N) is 1. The summed E-state index contributed by atoms with van der Waals surface area (Å²) in [5.74, 6) is 0.671. The molecule has 0 aliphatic heterocycles. The summed E-state index contributed by atoms with van der Waals surface area (Å²) in [6.45, 7) is -2.86. The van der Waals surface area contributed by atoms with Gasteiger partial charge >= 0.3 is 6.61 Å². The molecule has 1 unspecified atom stereocenters. The van der Waals surface area contributed by atoms with Crippen LogP contribution in [0.15, 0.2) is 24.3 Å². The molecule has 0 aliphatic carbocycles. The molecule has 0 fully saturated rings. The van der Waals surface area contributed by atoms with Crippen LogP contribution in [-0.2, 0) is 13.5 Å². The second-order valence-corrected chi connectivity index (χ2v) is 4.16. The second kappa shape index (κ2) is 6.38. The van der Waals surface area contributed by atoms with Crippen molar-refractivity contribution in [1.82, 2.24) is 25.5 Å². The van der Waals surface area contributed by atoms with Gasteiger partial charge in [0.1, 0.15) is 5.75 Å². The number of ether oxygens (including phenoxy) is 1. The molecular weight excluding hydrogens is 268 g/mol. The smallest absolute Gasteiger partial charge is 0.387 e. The van der Waals surface area contributed by atoms with E-state index in [0.717, 1.165) is 0 Å². The Morgan fingerprint density at radius 2 is 2.10 bits per heavy atom. The van der Waals surface area contributed by atoms with Gasteiger partial charge in [0.15, 0.2) is 5.82 Å². The van der Waals surface area contributed by atoms with Crippen LogP contribution in [0.25, 0.3) is 0 Å². The largest absolute Gasteiger partial charge is 0.434 e. The van der Waals surface area contributed by atoms with Crippen molar-refractivity contribution in [3.05, 3.63) is 35.7 Å². The molecule has 1 heterocycles. The molecule has 6 nitrogen and oxygen atoms in total. The number of hydrogen-bond donors (Lipinski definition) is 1. The highest BCUT2D eigenvalue weighted by atomic mass is 19.3. The standard InChI is InChI=1S/C12H15F2N5O/c1-15-9(7-11-16-18-19(2)17-11)8-5-3-4-6-10(8)20-12(13)14/h3-6,9,12,15H,7H2,1-2H3. The quantitative estimate of drug-likeness (QED) is 0.866. The number of halogens is 2. The summed E-state index contributed by atoms with van der Waals surface area (Å²) >= 11 is 0. The Hall–Kier alpha value is -2.09. The van der Waals surface area contributed by atoms with Crippen molar-refractivity contribution in [2.24, 2.45) is 7.05 Å². The molecule has 108 valence electrons. The Morgan fingerprint density at radius 1 is 1.35 bits per heavy atom. The summed E-state index contributed by atoms with van der Waals surface area (Å²) in [7, 11) is 3.40. The van der Waals surface area contributed by atoms with Crippen molar-refractivity contribution in [2.45, 2.75) is 19.1 Å². The molecule has 0 aliphatic rings.